The number of carbonyl (C=O) groups excluding carboxylic acids is 1. The number of likely N-dealkylation sites (tertiary alicyclic amines) is 1. The minimum atomic E-state index is -0.755. The maximum absolute atomic E-state index is 12.2. The fourth-order valence-corrected chi connectivity index (χ4v) is 2.75. The number of carboxylic acid groups (broad SMARTS) is 1. The van der Waals surface area contributed by atoms with Gasteiger partial charge in [-0.3, -0.25) is 9.59 Å². The fourth-order valence-electron chi connectivity index (χ4n) is 2.75. The van der Waals surface area contributed by atoms with Crippen molar-refractivity contribution >= 4 is 11.9 Å². The lowest BCUT2D eigenvalue weighted by molar-refractivity contribution is -0.138. The molecule has 1 saturated heterocycles. The maximum Gasteiger partial charge on any atom is 0.303 e. The van der Waals surface area contributed by atoms with Gasteiger partial charge < -0.3 is 14.7 Å². The van der Waals surface area contributed by atoms with Crippen LogP contribution in [0.1, 0.15) is 46.0 Å². The molecule has 1 aliphatic rings. The third-order valence-electron chi connectivity index (χ3n) is 4.28. The highest BCUT2D eigenvalue weighted by Crippen LogP contribution is 2.26. The second-order valence-corrected chi connectivity index (χ2v) is 5.90. The Hall–Kier alpha value is -1.10. The Balaban J connectivity index is 2.43. The first kappa shape index (κ1) is 17.0. The molecule has 1 rings (SSSR count). The van der Waals surface area contributed by atoms with Gasteiger partial charge in [0.25, 0.3) is 0 Å². The van der Waals surface area contributed by atoms with E-state index in [1.54, 1.807) is 7.11 Å². The van der Waals surface area contributed by atoms with E-state index in [9.17, 15) is 9.59 Å². The summed E-state index contributed by atoms with van der Waals surface area (Å²) in [4.78, 5) is 24.8. The van der Waals surface area contributed by atoms with Gasteiger partial charge in [0.2, 0.25) is 5.91 Å². The first-order valence-electron chi connectivity index (χ1n) is 7.46. The molecule has 1 amide bonds. The highest BCUT2D eigenvalue weighted by Gasteiger charge is 2.28. The molecule has 0 radical (unpaired) electrons. The predicted molar refractivity (Wildman–Crippen MR) is 76.4 cm³/mol. The van der Waals surface area contributed by atoms with Crippen LogP contribution in [0.25, 0.3) is 0 Å². The van der Waals surface area contributed by atoms with Crippen LogP contribution in [0.15, 0.2) is 0 Å². The van der Waals surface area contributed by atoms with Crippen molar-refractivity contribution in [2.75, 3.05) is 20.2 Å². The summed E-state index contributed by atoms with van der Waals surface area (Å²) < 4.78 is 5.15. The second kappa shape index (κ2) is 8.25. The van der Waals surface area contributed by atoms with E-state index in [2.05, 4.69) is 0 Å². The summed E-state index contributed by atoms with van der Waals surface area (Å²) >= 11 is 0. The second-order valence-electron chi connectivity index (χ2n) is 5.90. The molecule has 3 atom stereocenters. The molecule has 0 saturated carbocycles. The van der Waals surface area contributed by atoms with Crippen molar-refractivity contribution in [2.45, 2.75) is 52.1 Å². The molecule has 0 bridgehead atoms. The van der Waals surface area contributed by atoms with Crippen LogP contribution in [0.2, 0.25) is 0 Å². The van der Waals surface area contributed by atoms with E-state index in [0.717, 1.165) is 25.8 Å². The maximum atomic E-state index is 12.2. The summed E-state index contributed by atoms with van der Waals surface area (Å²) in [5, 5.41) is 8.87. The molecule has 3 unspecified atom stereocenters. The first-order chi connectivity index (χ1) is 9.43. The van der Waals surface area contributed by atoms with Crippen LogP contribution in [0.5, 0.6) is 0 Å². The Morgan fingerprint density at radius 3 is 2.70 bits per heavy atom. The molecular weight excluding hydrogens is 258 g/mol. The quantitative estimate of drug-likeness (QED) is 0.778. The zero-order valence-electron chi connectivity index (χ0n) is 12.8. The Kier molecular flexibility index (Phi) is 6.99. The van der Waals surface area contributed by atoms with Gasteiger partial charge in [-0.1, -0.05) is 6.92 Å². The van der Waals surface area contributed by atoms with E-state index in [1.165, 1.54) is 0 Å². The zero-order chi connectivity index (χ0) is 15.1. The molecule has 0 aliphatic carbocycles. The monoisotopic (exact) mass is 285 g/mol. The van der Waals surface area contributed by atoms with Crippen LogP contribution in [0.4, 0.5) is 0 Å². The van der Waals surface area contributed by atoms with Crippen LogP contribution < -0.4 is 0 Å². The van der Waals surface area contributed by atoms with Gasteiger partial charge in [0.05, 0.1) is 6.10 Å². The van der Waals surface area contributed by atoms with Crippen molar-refractivity contribution in [3.63, 3.8) is 0 Å². The summed E-state index contributed by atoms with van der Waals surface area (Å²) in [6.45, 7) is 5.44. The number of nitrogens with zero attached hydrogens (tertiary/aromatic N) is 1. The highest BCUT2D eigenvalue weighted by molar-refractivity contribution is 5.76. The number of hydrogen-bond donors (Lipinski definition) is 1. The number of ether oxygens (including phenoxy) is 1. The minimum absolute atomic E-state index is 0.102. The van der Waals surface area contributed by atoms with Gasteiger partial charge in [0, 0.05) is 33.0 Å². The summed E-state index contributed by atoms with van der Waals surface area (Å²) in [7, 11) is 1.65. The van der Waals surface area contributed by atoms with Gasteiger partial charge in [-0.25, -0.2) is 0 Å². The molecule has 20 heavy (non-hydrogen) atoms. The number of piperidine rings is 1. The molecule has 116 valence electrons. The molecule has 0 aromatic heterocycles. The number of amides is 1. The summed E-state index contributed by atoms with van der Waals surface area (Å²) in [6, 6.07) is 0. The lowest BCUT2D eigenvalue weighted by Gasteiger charge is -2.35. The average Bonchev–Trinajstić information content (AvgIpc) is 2.43. The predicted octanol–water partition coefficient (Wildman–Crippen LogP) is 2.15. The zero-order valence-corrected chi connectivity index (χ0v) is 12.8. The largest absolute Gasteiger partial charge is 0.481 e. The molecule has 5 heteroatoms. The number of hydrogen-bond acceptors (Lipinski definition) is 3. The average molecular weight is 285 g/mol. The topological polar surface area (TPSA) is 66.8 Å². The Bertz CT molecular complexity index is 332. The lowest BCUT2D eigenvalue weighted by Crippen LogP contribution is -2.42. The third kappa shape index (κ3) is 5.49. The van der Waals surface area contributed by atoms with E-state index >= 15 is 0 Å². The van der Waals surface area contributed by atoms with Crippen molar-refractivity contribution in [3.05, 3.63) is 0 Å². The van der Waals surface area contributed by atoms with Gasteiger partial charge in [0.1, 0.15) is 0 Å². The molecular formula is C15H27NO4. The van der Waals surface area contributed by atoms with Crippen molar-refractivity contribution in [1.82, 2.24) is 4.90 Å². The van der Waals surface area contributed by atoms with Crippen LogP contribution in [0.3, 0.4) is 0 Å². The first-order valence-corrected chi connectivity index (χ1v) is 7.46. The molecule has 0 aromatic carbocycles. The number of methoxy groups -OCH3 is 1. The van der Waals surface area contributed by atoms with Crippen molar-refractivity contribution in [3.8, 4) is 0 Å². The number of aliphatic carboxylic acids is 1. The number of rotatable bonds is 7. The van der Waals surface area contributed by atoms with Gasteiger partial charge >= 0.3 is 5.97 Å². The van der Waals surface area contributed by atoms with Crippen molar-refractivity contribution in [2.24, 2.45) is 11.8 Å². The molecule has 0 spiro atoms. The van der Waals surface area contributed by atoms with Crippen LogP contribution in [-0.2, 0) is 14.3 Å². The number of carbonyl (C=O) groups is 2. The van der Waals surface area contributed by atoms with Crippen molar-refractivity contribution in [1.29, 1.82) is 0 Å². The van der Waals surface area contributed by atoms with Crippen LogP contribution >= 0.6 is 0 Å². The van der Waals surface area contributed by atoms with E-state index in [-0.39, 0.29) is 24.3 Å². The van der Waals surface area contributed by atoms with E-state index in [4.69, 9.17) is 9.84 Å². The molecule has 1 N–H and O–H groups in total. The molecule has 1 fully saturated rings. The minimum Gasteiger partial charge on any atom is -0.481 e. The fraction of sp³-hybridized carbons (Fsp3) is 0.867. The molecule has 1 aliphatic heterocycles. The summed E-state index contributed by atoms with van der Waals surface area (Å²) in [6.07, 6.45) is 3.53. The smallest absolute Gasteiger partial charge is 0.303 e. The normalized spacial score (nSPS) is 22.4. The van der Waals surface area contributed by atoms with Gasteiger partial charge in [-0.15, -0.1) is 0 Å². The van der Waals surface area contributed by atoms with E-state index in [0.29, 0.717) is 18.9 Å². The van der Waals surface area contributed by atoms with Crippen molar-refractivity contribution < 1.29 is 19.4 Å². The van der Waals surface area contributed by atoms with Crippen LogP contribution in [-0.4, -0.2) is 48.2 Å². The third-order valence-corrected chi connectivity index (χ3v) is 4.28. The molecule has 5 nitrogen and oxygen atoms in total. The van der Waals surface area contributed by atoms with E-state index < -0.39 is 5.97 Å². The summed E-state index contributed by atoms with van der Waals surface area (Å²) in [5.41, 5.74) is 0. The molecule has 0 aromatic rings. The SMILES string of the molecule is COC(C)CCC(=O)N1CCCC(C(C)CC(=O)O)C1. The van der Waals surface area contributed by atoms with Gasteiger partial charge in [-0.05, 0) is 38.0 Å². The van der Waals surface area contributed by atoms with Gasteiger partial charge in [0.15, 0.2) is 0 Å². The number of carboxylic acids is 1. The van der Waals surface area contributed by atoms with Gasteiger partial charge in [-0.2, -0.15) is 0 Å². The lowest BCUT2D eigenvalue weighted by atomic mass is 9.84. The van der Waals surface area contributed by atoms with E-state index in [1.807, 2.05) is 18.7 Å². The molecule has 1 heterocycles. The Morgan fingerprint density at radius 2 is 2.10 bits per heavy atom. The Labute approximate surface area is 121 Å². The highest BCUT2D eigenvalue weighted by atomic mass is 16.5. The summed E-state index contributed by atoms with van der Waals surface area (Å²) in [5.74, 6) is -0.152. The van der Waals surface area contributed by atoms with Crippen LogP contribution in [0, 0.1) is 11.8 Å². The standard InChI is InChI=1S/C15H27NO4/c1-11(9-15(18)19)13-5-4-8-16(10-13)14(17)7-6-12(2)20-3/h11-13H,4-10H2,1-3H3,(H,18,19). The Morgan fingerprint density at radius 1 is 1.40 bits per heavy atom.